The van der Waals surface area contributed by atoms with Crippen LogP contribution in [-0.4, -0.2) is 17.0 Å². The summed E-state index contributed by atoms with van der Waals surface area (Å²) in [5, 5.41) is 12.2. The van der Waals surface area contributed by atoms with Crippen LogP contribution in [0.5, 0.6) is 0 Å². The summed E-state index contributed by atoms with van der Waals surface area (Å²) >= 11 is 0. The van der Waals surface area contributed by atoms with Gasteiger partial charge in [-0.25, -0.2) is 0 Å². The normalized spacial score (nSPS) is 25.7. The molecule has 0 radical (unpaired) electrons. The lowest BCUT2D eigenvalue weighted by Gasteiger charge is -2.31. The Morgan fingerprint density at radius 3 is 2.50 bits per heavy atom. The van der Waals surface area contributed by atoms with E-state index in [1.807, 2.05) is 38.1 Å². The topological polar surface area (TPSA) is 66.4 Å². The molecule has 2 N–H and O–H groups in total. The van der Waals surface area contributed by atoms with Gasteiger partial charge in [-0.3, -0.25) is 9.59 Å². The molecule has 1 aliphatic rings. The molecule has 1 amide bonds. The van der Waals surface area contributed by atoms with Gasteiger partial charge in [0.15, 0.2) is 0 Å². The first kappa shape index (κ1) is 14.3. The van der Waals surface area contributed by atoms with E-state index < -0.39 is 17.8 Å². The van der Waals surface area contributed by atoms with E-state index in [-0.39, 0.29) is 11.8 Å². The van der Waals surface area contributed by atoms with Crippen LogP contribution in [0.25, 0.3) is 0 Å². The Morgan fingerprint density at radius 1 is 1.25 bits per heavy atom. The lowest BCUT2D eigenvalue weighted by atomic mass is 9.73. The minimum atomic E-state index is -0.908. The van der Waals surface area contributed by atoms with Gasteiger partial charge in [-0.15, -0.1) is 0 Å². The van der Waals surface area contributed by atoms with E-state index in [4.69, 9.17) is 0 Å². The molecule has 0 aliphatic heterocycles. The molecule has 1 aromatic rings. The van der Waals surface area contributed by atoms with Crippen LogP contribution in [0.1, 0.15) is 20.3 Å². The number of amides is 1. The van der Waals surface area contributed by atoms with Gasteiger partial charge in [0.1, 0.15) is 0 Å². The van der Waals surface area contributed by atoms with Crippen LogP contribution in [0.4, 0.5) is 5.69 Å². The lowest BCUT2D eigenvalue weighted by molar-refractivity contribution is -0.148. The van der Waals surface area contributed by atoms with Gasteiger partial charge in [-0.1, -0.05) is 36.8 Å². The second-order valence-electron chi connectivity index (χ2n) is 5.40. The van der Waals surface area contributed by atoms with Gasteiger partial charge in [-0.2, -0.15) is 0 Å². The number of carboxylic acids is 1. The molecule has 0 bridgehead atoms. The molecule has 0 saturated heterocycles. The fraction of sp³-hybridized carbons (Fsp3) is 0.375. The third kappa shape index (κ3) is 3.07. The molecule has 20 heavy (non-hydrogen) atoms. The number of anilines is 1. The average molecular weight is 273 g/mol. The number of allylic oxidation sites excluding steroid dienone is 2. The van der Waals surface area contributed by atoms with Gasteiger partial charge < -0.3 is 10.4 Å². The zero-order chi connectivity index (χ0) is 14.7. The average Bonchev–Trinajstić information content (AvgIpc) is 2.38. The van der Waals surface area contributed by atoms with Crippen molar-refractivity contribution >= 4 is 17.6 Å². The fourth-order valence-electron chi connectivity index (χ4n) is 2.87. The van der Waals surface area contributed by atoms with Gasteiger partial charge in [0.25, 0.3) is 0 Å². The summed E-state index contributed by atoms with van der Waals surface area (Å²) in [5.41, 5.74) is 1.77. The van der Waals surface area contributed by atoms with Crippen molar-refractivity contribution in [2.45, 2.75) is 20.3 Å². The lowest BCUT2D eigenvalue weighted by Crippen LogP contribution is -2.39. The van der Waals surface area contributed by atoms with Crippen LogP contribution in [0.3, 0.4) is 0 Å². The van der Waals surface area contributed by atoms with Crippen molar-refractivity contribution in [1.29, 1.82) is 0 Å². The number of carboxylic acid groups (broad SMARTS) is 1. The summed E-state index contributed by atoms with van der Waals surface area (Å²) in [5.74, 6) is -2.44. The molecular weight excluding hydrogens is 254 g/mol. The first-order chi connectivity index (χ1) is 9.49. The number of carbonyl (C=O) groups is 2. The molecule has 1 aliphatic carbocycles. The third-order valence-electron chi connectivity index (χ3n) is 3.75. The van der Waals surface area contributed by atoms with Crippen molar-refractivity contribution in [3.63, 3.8) is 0 Å². The molecule has 0 fully saturated rings. The molecule has 3 unspecified atom stereocenters. The molecule has 106 valence electrons. The molecule has 0 spiro atoms. The molecule has 0 heterocycles. The van der Waals surface area contributed by atoms with E-state index in [9.17, 15) is 14.7 Å². The van der Waals surface area contributed by atoms with Crippen molar-refractivity contribution < 1.29 is 14.7 Å². The Kier molecular flexibility index (Phi) is 4.23. The number of nitrogens with one attached hydrogen (secondary N) is 1. The van der Waals surface area contributed by atoms with Gasteiger partial charge in [0.05, 0.1) is 11.8 Å². The smallest absolute Gasteiger partial charge is 0.307 e. The number of aliphatic carboxylic acids is 1. The Balaban J connectivity index is 2.18. The molecule has 3 atom stereocenters. The van der Waals surface area contributed by atoms with E-state index in [2.05, 4.69) is 5.32 Å². The largest absolute Gasteiger partial charge is 0.481 e. The molecular formula is C16H19NO3. The highest BCUT2D eigenvalue weighted by molar-refractivity contribution is 5.95. The minimum absolute atomic E-state index is 0.132. The first-order valence-corrected chi connectivity index (χ1v) is 6.75. The number of para-hydroxylation sites is 1. The molecule has 0 saturated carbocycles. The van der Waals surface area contributed by atoms with Crippen molar-refractivity contribution in [2.75, 3.05) is 5.32 Å². The number of rotatable bonds is 3. The van der Waals surface area contributed by atoms with Crippen LogP contribution < -0.4 is 5.32 Å². The number of hydrogen-bond donors (Lipinski definition) is 2. The predicted molar refractivity (Wildman–Crippen MR) is 77.2 cm³/mol. The summed E-state index contributed by atoms with van der Waals surface area (Å²) < 4.78 is 0. The highest BCUT2D eigenvalue weighted by Crippen LogP contribution is 2.34. The quantitative estimate of drug-likeness (QED) is 0.832. The molecule has 4 nitrogen and oxygen atoms in total. The standard InChI is InChI=1S/C16H19NO3/c1-10-8-11(2)14(16(19)20)13(9-10)15(18)17-12-6-4-3-5-7-12/h3-8,11,13-14H,9H2,1-2H3,(H,17,18)(H,19,20). The molecule has 2 rings (SSSR count). The van der Waals surface area contributed by atoms with Gasteiger partial charge >= 0.3 is 5.97 Å². The monoisotopic (exact) mass is 273 g/mol. The van der Waals surface area contributed by atoms with Crippen molar-refractivity contribution in [2.24, 2.45) is 17.8 Å². The second-order valence-corrected chi connectivity index (χ2v) is 5.40. The van der Waals surface area contributed by atoms with E-state index >= 15 is 0 Å². The van der Waals surface area contributed by atoms with E-state index in [1.54, 1.807) is 12.1 Å². The number of carbonyl (C=O) groups excluding carboxylic acids is 1. The molecule has 4 heteroatoms. The van der Waals surface area contributed by atoms with Crippen LogP contribution >= 0.6 is 0 Å². The van der Waals surface area contributed by atoms with Crippen molar-refractivity contribution in [3.8, 4) is 0 Å². The number of benzene rings is 1. The van der Waals surface area contributed by atoms with Crippen molar-refractivity contribution in [1.82, 2.24) is 0 Å². The Hall–Kier alpha value is -2.10. The van der Waals surface area contributed by atoms with E-state index in [0.717, 1.165) is 5.57 Å². The van der Waals surface area contributed by atoms with E-state index in [1.165, 1.54) is 0 Å². The maximum atomic E-state index is 12.4. The highest BCUT2D eigenvalue weighted by Gasteiger charge is 2.39. The van der Waals surface area contributed by atoms with Crippen LogP contribution in [0.15, 0.2) is 42.0 Å². The maximum Gasteiger partial charge on any atom is 0.307 e. The molecule has 1 aromatic carbocycles. The van der Waals surface area contributed by atoms with Gasteiger partial charge in [0.2, 0.25) is 5.91 Å². The SMILES string of the molecule is CC1=CC(C)C(C(=O)O)C(C(=O)Nc2ccccc2)C1. The van der Waals surface area contributed by atoms with Crippen molar-refractivity contribution in [3.05, 3.63) is 42.0 Å². The van der Waals surface area contributed by atoms with Gasteiger partial charge in [-0.05, 0) is 31.4 Å². The summed E-state index contributed by atoms with van der Waals surface area (Å²) in [6, 6.07) is 9.12. The maximum absolute atomic E-state index is 12.4. The Labute approximate surface area is 118 Å². The van der Waals surface area contributed by atoms with Crippen LogP contribution in [0, 0.1) is 17.8 Å². The predicted octanol–water partition coefficient (Wildman–Crippen LogP) is 2.93. The van der Waals surface area contributed by atoms with Crippen LogP contribution in [-0.2, 0) is 9.59 Å². The summed E-state index contributed by atoms with van der Waals surface area (Å²) in [7, 11) is 0. The highest BCUT2D eigenvalue weighted by atomic mass is 16.4. The van der Waals surface area contributed by atoms with Gasteiger partial charge in [0, 0.05) is 5.69 Å². The minimum Gasteiger partial charge on any atom is -0.481 e. The first-order valence-electron chi connectivity index (χ1n) is 6.75. The zero-order valence-electron chi connectivity index (χ0n) is 11.7. The summed E-state index contributed by atoms with van der Waals surface area (Å²) in [6.45, 7) is 3.79. The fourth-order valence-corrected chi connectivity index (χ4v) is 2.87. The van der Waals surface area contributed by atoms with Crippen LogP contribution in [0.2, 0.25) is 0 Å². The summed E-state index contributed by atoms with van der Waals surface area (Å²) in [6.07, 6.45) is 2.45. The second kappa shape index (κ2) is 5.90. The Bertz CT molecular complexity index is 536. The Morgan fingerprint density at radius 2 is 1.90 bits per heavy atom. The molecule has 0 aromatic heterocycles. The zero-order valence-corrected chi connectivity index (χ0v) is 11.7. The summed E-state index contributed by atoms with van der Waals surface area (Å²) in [4.78, 5) is 23.8. The number of hydrogen-bond acceptors (Lipinski definition) is 2. The third-order valence-corrected chi connectivity index (χ3v) is 3.75. The van der Waals surface area contributed by atoms with E-state index in [0.29, 0.717) is 12.1 Å².